The van der Waals surface area contributed by atoms with Crippen molar-refractivity contribution in [2.75, 3.05) is 13.2 Å². The third kappa shape index (κ3) is 5.51. The lowest BCUT2D eigenvalue weighted by Gasteiger charge is -2.18. The fourth-order valence-electron chi connectivity index (χ4n) is 2.01. The maximum absolute atomic E-state index is 8.97. The van der Waals surface area contributed by atoms with E-state index in [2.05, 4.69) is 59.4 Å². The van der Waals surface area contributed by atoms with E-state index < -0.39 is 0 Å². The Kier molecular flexibility index (Phi) is 7.56. The molecule has 2 atom stereocenters. The number of benzene rings is 1. The number of rotatable bonds is 8. The zero-order valence-corrected chi connectivity index (χ0v) is 12.9. The van der Waals surface area contributed by atoms with E-state index in [0.717, 1.165) is 30.3 Å². The lowest BCUT2D eigenvalue weighted by atomic mass is 10.0. The van der Waals surface area contributed by atoms with Crippen LogP contribution < -0.4 is 5.32 Å². The minimum absolute atomic E-state index is 0.296. The SMILES string of the molecule is CCC(NCCCC(C)CO)c1ccc(Br)cc1. The molecule has 0 heterocycles. The highest BCUT2D eigenvalue weighted by molar-refractivity contribution is 9.10. The van der Waals surface area contributed by atoms with E-state index in [1.807, 2.05) is 0 Å². The van der Waals surface area contributed by atoms with Gasteiger partial charge in [-0.05, 0) is 49.4 Å². The summed E-state index contributed by atoms with van der Waals surface area (Å²) in [6, 6.07) is 8.95. The molecule has 2 N–H and O–H groups in total. The third-order valence-electron chi connectivity index (χ3n) is 3.26. The second-order valence-corrected chi connectivity index (χ2v) is 5.81. The smallest absolute Gasteiger partial charge is 0.0456 e. The minimum atomic E-state index is 0.296. The van der Waals surface area contributed by atoms with Gasteiger partial charge >= 0.3 is 0 Å². The highest BCUT2D eigenvalue weighted by Gasteiger charge is 2.08. The Bertz CT molecular complexity index is 326. The van der Waals surface area contributed by atoms with E-state index >= 15 is 0 Å². The zero-order valence-electron chi connectivity index (χ0n) is 11.3. The van der Waals surface area contributed by atoms with Crippen LogP contribution in [0.25, 0.3) is 0 Å². The van der Waals surface area contributed by atoms with Gasteiger partial charge in [-0.2, -0.15) is 0 Å². The van der Waals surface area contributed by atoms with Gasteiger partial charge in [-0.3, -0.25) is 0 Å². The summed E-state index contributed by atoms with van der Waals surface area (Å²) in [5.41, 5.74) is 1.34. The first-order valence-corrected chi connectivity index (χ1v) is 7.56. The Hall–Kier alpha value is -0.380. The quantitative estimate of drug-likeness (QED) is 0.713. The average Bonchev–Trinajstić information content (AvgIpc) is 2.40. The molecule has 0 aliphatic rings. The van der Waals surface area contributed by atoms with Crippen molar-refractivity contribution in [1.29, 1.82) is 0 Å². The first-order chi connectivity index (χ1) is 8.67. The van der Waals surface area contributed by atoms with Gasteiger partial charge in [-0.1, -0.05) is 41.9 Å². The van der Waals surface area contributed by atoms with E-state index in [1.165, 1.54) is 5.56 Å². The molecular weight excluding hydrogens is 290 g/mol. The molecule has 0 aromatic heterocycles. The Morgan fingerprint density at radius 3 is 2.50 bits per heavy atom. The Balaban J connectivity index is 2.36. The first-order valence-electron chi connectivity index (χ1n) is 6.77. The minimum Gasteiger partial charge on any atom is -0.396 e. The molecule has 0 spiro atoms. The van der Waals surface area contributed by atoms with E-state index in [4.69, 9.17) is 5.11 Å². The van der Waals surface area contributed by atoms with Crippen molar-refractivity contribution >= 4 is 15.9 Å². The van der Waals surface area contributed by atoms with Crippen LogP contribution in [-0.2, 0) is 0 Å². The Morgan fingerprint density at radius 2 is 1.94 bits per heavy atom. The van der Waals surface area contributed by atoms with Crippen LogP contribution in [0.1, 0.15) is 44.7 Å². The van der Waals surface area contributed by atoms with Gasteiger partial charge in [0.1, 0.15) is 0 Å². The van der Waals surface area contributed by atoms with Gasteiger partial charge in [0.25, 0.3) is 0 Å². The summed E-state index contributed by atoms with van der Waals surface area (Å²) < 4.78 is 1.12. The molecule has 1 aromatic rings. The largest absolute Gasteiger partial charge is 0.396 e. The maximum atomic E-state index is 8.97. The van der Waals surface area contributed by atoms with Crippen LogP contribution in [0.15, 0.2) is 28.7 Å². The summed E-state index contributed by atoms with van der Waals surface area (Å²) in [5, 5.41) is 12.6. The maximum Gasteiger partial charge on any atom is 0.0456 e. The number of nitrogens with one attached hydrogen (secondary N) is 1. The second kappa shape index (κ2) is 8.68. The van der Waals surface area contributed by atoms with Gasteiger partial charge < -0.3 is 10.4 Å². The molecule has 18 heavy (non-hydrogen) atoms. The third-order valence-corrected chi connectivity index (χ3v) is 3.79. The van der Waals surface area contributed by atoms with Crippen molar-refractivity contribution in [3.8, 4) is 0 Å². The second-order valence-electron chi connectivity index (χ2n) is 4.90. The topological polar surface area (TPSA) is 32.3 Å². The molecule has 0 radical (unpaired) electrons. The monoisotopic (exact) mass is 313 g/mol. The van der Waals surface area contributed by atoms with Gasteiger partial charge in [0.05, 0.1) is 0 Å². The molecule has 2 nitrogen and oxygen atoms in total. The molecule has 0 amide bonds. The van der Waals surface area contributed by atoms with E-state index in [0.29, 0.717) is 18.6 Å². The van der Waals surface area contributed by atoms with Crippen LogP contribution >= 0.6 is 15.9 Å². The van der Waals surface area contributed by atoms with Gasteiger partial charge in [-0.15, -0.1) is 0 Å². The highest BCUT2D eigenvalue weighted by atomic mass is 79.9. The van der Waals surface area contributed by atoms with Crippen LogP contribution in [0.5, 0.6) is 0 Å². The lowest BCUT2D eigenvalue weighted by molar-refractivity contribution is 0.227. The molecule has 0 saturated heterocycles. The summed E-state index contributed by atoms with van der Waals surface area (Å²) in [4.78, 5) is 0. The molecule has 102 valence electrons. The van der Waals surface area contributed by atoms with Crippen LogP contribution in [0.2, 0.25) is 0 Å². The summed E-state index contributed by atoms with van der Waals surface area (Å²) in [6.45, 7) is 5.60. The lowest BCUT2D eigenvalue weighted by Crippen LogP contribution is -2.22. The van der Waals surface area contributed by atoms with Crippen LogP contribution in [-0.4, -0.2) is 18.3 Å². The number of hydrogen-bond acceptors (Lipinski definition) is 2. The van der Waals surface area contributed by atoms with Crippen molar-refractivity contribution in [2.45, 2.75) is 39.2 Å². The predicted octanol–water partition coefficient (Wildman–Crippen LogP) is 3.90. The molecule has 0 aliphatic heterocycles. The molecule has 0 fully saturated rings. The number of hydrogen-bond donors (Lipinski definition) is 2. The highest BCUT2D eigenvalue weighted by Crippen LogP contribution is 2.19. The van der Waals surface area contributed by atoms with Crippen molar-refractivity contribution in [2.24, 2.45) is 5.92 Å². The summed E-state index contributed by atoms with van der Waals surface area (Å²) in [7, 11) is 0. The summed E-state index contributed by atoms with van der Waals surface area (Å²) in [5.74, 6) is 0.416. The molecular formula is C15H24BrNO. The van der Waals surface area contributed by atoms with Crippen molar-refractivity contribution in [3.63, 3.8) is 0 Å². The fraction of sp³-hybridized carbons (Fsp3) is 0.600. The zero-order chi connectivity index (χ0) is 13.4. The molecule has 0 aliphatic carbocycles. The Morgan fingerprint density at radius 1 is 1.28 bits per heavy atom. The van der Waals surface area contributed by atoms with Gasteiger partial charge in [0.15, 0.2) is 0 Å². The fourth-order valence-corrected chi connectivity index (χ4v) is 2.28. The Labute approximate surface area is 119 Å². The molecule has 3 heteroatoms. The van der Waals surface area contributed by atoms with E-state index in [9.17, 15) is 0 Å². The molecule has 1 rings (SSSR count). The number of aliphatic hydroxyl groups excluding tert-OH is 1. The van der Waals surface area contributed by atoms with Crippen molar-refractivity contribution in [3.05, 3.63) is 34.3 Å². The van der Waals surface area contributed by atoms with Crippen molar-refractivity contribution in [1.82, 2.24) is 5.32 Å². The predicted molar refractivity (Wildman–Crippen MR) is 80.7 cm³/mol. The van der Waals surface area contributed by atoms with Crippen LogP contribution in [0.3, 0.4) is 0 Å². The van der Waals surface area contributed by atoms with E-state index in [1.54, 1.807) is 0 Å². The van der Waals surface area contributed by atoms with Gasteiger partial charge in [0.2, 0.25) is 0 Å². The number of aliphatic hydroxyl groups is 1. The van der Waals surface area contributed by atoms with Gasteiger partial charge in [0, 0.05) is 17.1 Å². The van der Waals surface area contributed by atoms with Gasteiger partial charge in [-0.25, -0.2) is 0 Å². The standard InChI is InChI=1S/C15H24BrNO/c1-3-15(13-6-8-14(16)9-7-13)17-10-4-5-12(2)11-18/h6-9,12,15,17-18H,3-5,10-11H2,1-2H3. The summed E-state index contributed by atoms with van der Waals surface area (Å²) in [6.07, 6.45) is 3.30. The first kappa shape index (κ1) is 15.7. The normalized spacial score (nSPS) is 14.4. The molecule has 0 bridgehead atoms. The number of halogens is 1. The van der Waals surface area contributed by atoms with Crippen molar-refractivity contribution < 1.29 is 5.11 Å². The van der Waals surface area contributed by atoms with Crippen LogP contribution in [0, 0.1) is 5.92 Å². The molecule has 2 unspecified atom stereocenters. The van der Waals surface area contributed by atoms with Crippen LogP contribution in [0.4, 0.5) is 0 Å². The average molecular weight is 314 g/mol. The molecule has 0 saturated carbocycles. The molecule has 1 aromatic carbocycles. The van der Waals surface area contributed by atoms with E-state index in [-0.39, 0.29) is 0 Å². The summed E-state index contributed by atoms with van der Waals surface area (Å²) >= 11 is 3.46.